The third kappa shape index (κ3) is 4.11. The lowest BCUT2D eigenvalue weighted by molar-refractivity contribution is 0.283. The summed E-state index contributed by atoms with van der Waals surface area (Å²) >= 11 is 0. The number of hydrogen-bond acceptors (Lipinski definition) is 4. The third-order valence-electron chi connectivity index (χ3n) is 3.37. The molecule has 0 saturated carbocycles. The Morgan fingerprint density at radius 3 is 2.42 bits per heavy atom. The van der Waals surface area contributed by atoms with Crippen molar-refractivity contribution in [2.75, 3.05) is 27.4 Å². The largest absolute Gasteiger partial charge is 0.496 e. The van der Waals surface area contributed by atoms with Crippen LogP contribution < -0.4 is 14.8 Å². The highest BCUT2D eigenvalue weighted by Gasteiger charge is 2.13. The smallest absolute Gasteiger partial charge is 0.126 e. The zero-order valence-electron chi connectivity index (χ0n) is 12.4. The number of aliphatic hydroxyl groups excluding tert-OH is 1. The highest BCUT2D eigenvalue weighted by atomic mass is 16.5. The van der Waals surface area contributed by atoms with Gasteiger partial charge in [-0.05, 0) is 50.4 Å². The fraction of sp³-hybridized carbons (Fsp3) is 0.600. The van der Waals surface area contributed by atoms with E-state index in [0.29, 0.717) is 0 Å². The fourth-order valence-electron chi connectivity index (χ4n) is 2.14. The number of ether oxygens (including phenoxy) is 2. The zero-order chi connectivity index (χ0) is 14.3. The molecule has 1 aromatic rings. The molecule has 0 aliphatic carbocycles. The second-order valence-electron chi connectivity index (χ2n) is 4.63. The number of aliphatic hydroxyl groups is 1. The molecule has 2 N–H and O–H groups in total. The van der Waals surface area contributed by atoms with E-state index in [2.05, 4.69) is 5.32 Å². The average Bonchev–Trinajstić information content (AvgIpc) is 2.42. The van der Waals surface area contributed by atoms with Gasteiger partial charge in [-0.25, -0.2) is 0 Å². The first kappa shape index (κ1) is 15.8. The molecule has 0 radical (unpaired) electrons. The van der Waals surface area contributed by atoms with Gasteiger partial charge in [0.2, 0.25) is 0 Å². The van der Waals surface area contributed by atoms with Gasteiger partial charge in [0.1, 0.15) is 11.5 Å². The van der Waals surface area contributed by atoms with E-state index in [4.69, 9.17) is 14.6 Å². The van der Waals surface area contributed by atoms with Gasteiger partial charge in [0, 0.05) is 18.7 Å². The summed E-state index contributed by atoms with van der Waals surface area (Å²) in [6, 6.07) is 2.03. The van der Waals surface area contributed by atoms with Gasteiger partial charge in [-0.2, -0.15) is 0 Å². The van der Waals surface area contributed by atoms with Crippen LogP contribution in [-0.4, -0.2) is 32.5 Å². The van der Waals surface area contributed by atoms with E-state index in [1.165, 1.54) is 0 Å². The standard InChI is InChI=1S/C15H25NO3/c1-11-12(2)15(19-4)13(9-14(11)18-3)10-16-7-5-6-8-17/h9,16-17H,5-8,10H2,1-4H3. The van der Waals surface area contributed by atoms with Crippen LogP contribution in [0.3, 0.4) is 0 Å². The van der Waals surface area contributed by atoms with E-state index in [0.717, 1.165) is 54.1 Å². The van der Waals surface area contributed by atoms with E-state index < -0.39 is 0 Å². The molecule has 108 valence electrons. The molecule has 0 atom stereocenters. The molecule has 0 amide bonds. The molecule has 1 rings (SSSR count). The molecule has 0 aliphatic rings. The first-order valence-corrected chi connectivity index (χ1v) is 6.68. The Kier molecular flexibility index (Phi) is 6.67. The predicted octanol–water partition coefficient (Wildman–Crippen LogP) is 2.18. The minimum atomic E-state index is 0.252. The molecule has 19 heavy (non-hydrogen) atoms. The van der Waals surface area contributed by atoms with Crippen LogP contribution >= 0.6 is 0 Å². The molecular formula is C15H25NO3. The van der Waals surface area contributed by atoms with Gasteiger partial charge >= 0.3 is 0 Å². The van der Waals surface area contributed by atoms with Crippen LogP contribution in [0.25, 0.3) is 0 Å². The van der Waals surface area contributed by atoms with E-state index >= 15 is 0 Å². The zero-order valence-corrected chi connectivity index (χ0v) is 12.4. The van der Waals surface area contributed by atoms with Gasteiger partial charge in [0.05, 0.1) is 14.2 Å². The van der Waals surface area contributed by atoms with Crippen molar-refractivity contribution >= 4 is 0 Å². The normalized spacial score (nSPS) is 10.6. The first-order valence-electron chi connectivity index (χ1n) is 6.68. The average molecular weight is 267 g/mol. The van der Waals surface area contributed by atoms with Gasteiger partial charge in [-0.15, -0.1) is 0 Å². The molecular weight excluding hydrogens is 242 g/mol. The molecule has 0 bridgehead atoms. The lowest BCUT2D eigenvalue weighted by Gasteiger charge is -2.17. The Labute approximate surface area is 115 Å². The summed E-state index contributed by atoms with van der Waals surface area (Å²) < 4.78 is 10.9. The Bertz CT molecular complexity index is 405. The topological polar surface area (TPSA) is 50.7 Å². The number of nitrogens with one attached hydrogen (secondary N) is 1. The van der Waals surface area contributed by atoms with Gasteiger partial charge in [0.15, 0.2) is 0 Å². The number of benzene rings is 1. The maximum atomic E-state index is 8.74. The second-order valence-corrected chi connectivity index (χ2v) is 4.63. The van der Waals surface area contributed by atoms with Crippen molar-refractivity contribution < 1.29 is 14.6 Å². The maximum absolute atomic E-state index is 8.74. The lowest BCUT2D eigenvalue weighted by Crippen LogP contribution is -2.16. The lowest BCUT2D eigenvalue weighted by atomic mass is 10.0. The summed E-state index contributed by atoms with van der Waals surface area (Å²) in [5.41, 5.74) is 3.34. The summed E-state index contributed by atoms with van der Waals surface area (Å²) in [7, 11) is 3.39. The van der Waals surface area contributed by atoms with Crippen LogP contribution in [0.4, 0.5) is 0 Å². The van der Waals surface area contributed by atoms with E-state index in [1.807, 2.05) is 19.9 Å². The van der Waals surface area contributed by atoms with Crippen molar-refractivity contribution in [1.29, 1.82) is 0 Å². The number of hydrogen-bond donors (Lipinski definition) is 2. The van der Waals surface area contributed by atoms with E-state index in [9.17, 15) is 0 Å². The molecule has 0 aliphatic heterocycles. The molecule has 1 aromatic carbocycles. The Hall–Kier alpha value is -1.26. The van der Waals surface area contributed by atoms with E-state index in [-0.39, 0.29) is 6.61 Å². The van der Waals surface area contributed by atoms with Crippen molar-refractivity contribution in [3.05, 3.63) is 22.8 Å². The summed E-state index contributed by atoms with van der Waals surface area (Å²) in [5.74, 6) is 1.82. The molecule has 0 heterocycles. The van der Waals surface area contributed by atoms with Crippen molar-refractivity contribution in [2.45, 2.75) is 33.2 Å². The first-order chi connectivity index (χ1) is 9.15. The van der Waals surface area contributed by atoms with E-state index in [1.54, 1.807) is 14.2 Å². The van der Waals surface area contributed by atoms with Gasteiger partial charge in [-0.1, -0.05) is 0 Å². The summed E-state index contributed by atoms with van der Waals surface area (Å²) in [4.78, 5) is 0. The summed E-state index contributed by atoms with van der Waals surface area (Å²) in [6.07, 6.45) is 1.81. The predicted molar refractivity (Wildman–Crippen MR) is 77.0 cm³/mol. The Morgan fingerprint density at radius 1 is 1.11 bits per heavy atom. The molecule has 0 fully saturated rings. The highest BCUT2D eigenvalue weighted by molar-refractivity contribution is 5.52. The van der Waals surface area contributed by atoms with Crippen LogP contribution in [-0.2, 0) is 6.54 Å². The highest BCUT2D eigenvalue weighted by Crippen LogP contribution is 2.33. The minimum Gasteiger partial charge on any atom is -0.496 e. The van der Waals surface area contributed by atoms with Crippen LogP contribution in [0.1, 0.15) is 29.5 Å². The number of unbranched alkanes of at least 4 members (excludes halogenated alkanes) is 1. The molecule has 0 unspecified atom stereocenters. The van der Waals surface area contributed by atoms with Crippen molar-refractivity contribution in [2.24, 2.45) is 0 Å². The van der Waals surface area contributed by atoms with Gasteiger partial charge in [0.25, 0.3) is 0 Å². The fourth-order valence-corrected chi connectivity index (χ4v) is 2.14. The van der Waals surface area contributed by atoms with Crippen LogP contribution in [0.2, 0.25) is 0 Å². The molecule has 0 spiro atoms. The monoisotopic (exact) mass is 267 g/mol. The third-order valence-corrected chi connectivity index (χ3v) is 3.37. The van der Waals surface area contributed by atoms with Crippen LogP contribution in [0, 0.1) is 13.8 Å². The molecule has 4 nitrogen and oxygen atoms in total. The van der Waals surface area contributed by atoms with Crippen LogP contribution in [0.15, 0.2) is 6.07 Å². The van der Waals surface area contributed by atoms with Crippen molar-refractivity contribution in [3.63, 3.8) is 0 Å². The molecule has 0 saturated heterocycles. The molecule has 0 aromatic heterocycles. The molecule has 4 heteroatoms. The quantitative estimate of drug-likeness (QED) is 0.709. The minimum absolute atomic E-state index is 0.252. The summed E-state index contributed by atoms with van der Waals surface area (Å²) in [6.45, 7) is 5.97. The number of rotatable bonds is 8. The summed E-state index contributed by atoms with van der Waals surface area (Å²) in [5, 5.41) is 12.1. The number of methoxy groups -OCH3 is 2. The maximum Gasteiger partial charge on any atom is 0.126 e. The van der Waals surface area contributed by atoms with Crippen molar-refractivity contribution in [3.8, 4) is 11.5 Å². The van der Waals surface area contributed by atoms with Gasteiger partial charge < -0.3 is 19.9 Å². The Balaban J connectivity index is 2.78. The van der Waals surface area contributed by atoms with Crippen LogP contribution in [0.5, 0.6) is 11.5 Å². The van der Waals surface area contributed by atoms with Crippen molar-refractivity contribution in [1.82, 2.24) is 5.32 Å². The van der Waals surface area contributed by atoms with Gasteiger partial charge in [-0.3, -0.25) is 0 Å². The second kappa shape index (κ2) is 8.02. The SMILES string of the molecule is COc1cc(CNCCCCO)c(OC)c(C)c1C. The Morgan fingerprint density at radius 2 is 1.84 bits per heavy atom.